The molecule has 0 bridgehead atoms. The maximum Gasteiger partial charge on any atom is 0.324 e. The lowest BCUT2D eigenvalue weighted by Gasteiger charge is -2.46. The molecule has 0 aliphatic carbocycles. The van der Waals surface area contributed by atoms with E-state index < -0.39 is 0 Å². The average molecular weight is 417 g/mol. The van der Waals surface area contributed by atoms with Crippen LogP contribution in [-0.4, -0.2) is 72.5 Å². The van der Waals surface area contributed by atoms with Gasteiger partial charge in [-0.15, -0.1) is 0 Å². The van der Waals surface area contributed by atoms with Gasteiger partial charge in [-0.3, -0.25) is 19.7 Å². The number of carbonyl (C=O) groups is 4. The summed E-state index contributed by atoms with van der Waals surface area (Å²) in [5, 5.41) is 5.01. The highest BCUT2D eigenvalue weighted by Gasteiger charge is 2.37. The molecule has 0 atom stereocenters. The normalized spacial score (nSPS) is 16.7. The molecule has 0 unspecified atom stereocenters. The van der Waals surface area contributed by atoms with Gasteiger partial charge in [0.15, 0.2) is 0 Å². The van der Waals surface area contributed by atoms with Crippen LogP contribution < -0.4 is 15.5 Å². The maximum atomic E-state index is 12.2. The third kappa shape index (κ3) is 5.46. The molecule has 3 rings (SSSR count). The van der Waals surface area contributed by atoms with Crippen molar-refractivity contribution in [1.82, 2.24) is 20.5 Å². The third-order valence-electron chi connectivity index (χ3n) is 5.10. The van der Waals surface area contributed by atoms with Crippen molar-refractivity contribution in [1.29, 1.82) is 0 Å². The van der Waals surface area contributed by atoms with Gasteiger partial charge in [-0.2, -0.15) is 0 Å². The monoisotopic (exact) mass is 417 g/mol. The second-order valence-electron chi connectivity index (χ2n) is 7.34. The molecule has 2 aliphatic rings. The molecule has 1 aromatic rings. The van der Waals surface area contributed by atoms with E-state index in [1.807, 2.05) is 11.8 Å². The molecule has 4 amide bonds. The molecule has 0 spiro atoms. The summed E-state index contributed by atoms with van der Waals surface area (Å²) in [6, 6.07) is 3.13. The first kappa shape index (κ1) is 21.5. The number of anilines is 1. The number of urea groups is 1. The molecular weight excluding hydrogens is 390 g/mol. The number of unbranched alkanes of at least 4 members (excludes halogenated alkanes) is 1. The van der Waals surface area contributed by atoms with Crippen LogP contribution in [0, 0.1) is 0 Å². The predicted octanol–water partition coefficient (Wildman–Crippen LogP) is 0.675. The van der Waals surface area contributed by atoms with Crippen molar-refractivity contribution in [3.05, 3.63) is 23.9 Å². The summed E-state index contributed by atoms with van der Waals surface area (Å²) in [6.45, 7) is 4.32. The SMILES string of the molecule is CCCCOC(=O)CCNC(=O)c1ccc(N2CC(N3CCC(=O)NC3=O)C2)nc1. The van der Waals surface area contributed by atoms with Gasteiger partial charge >= 0.3 is 12.0 Å². The van der Waals surface area contributed by atoms with Crippen LogP contribution in [0.25, 0.3) is 0 Å². The molecule has 30 heavy (non-hydrogen) atoms. The molecule has 0 radical (unpaired) electrons. The van der Waals surface area contributed by atoms with Crippen LogP contribution in [0.3, 0.4) is 0 Å². The number of carbonyl (C=O) groups excluding carboxylic acids is 4. The Labute approximate surface area is 174 Å². The number of esters is 1. The minimum absolute atomic E-state index is 0.0416. The quantitative estimate of drug-likeness (QED) is 0.448. The Hall–Kier alpha value is -3.17. The van der Waals surface area contributed by atoms with E-state index in [0.717, 1.165) is 18.7 Å². The van der Waals surface area contributed by atoms with Crippen LogP contribution >= 0.6 is 0 Å². The van der Waals surface area contributed by atoms with E-state index in [1.54, 1.807) is 17.0 Å². The summed E-state index contributed by atoms with van der Waals surface area (Å²) in [5.74, 6) is -0.144. The van der Waals surface area contributed by atoms with Gasteiger partial charge < -0.3 is 19.9 Å². The lowest BCUT2D eigenvalue weighted by atomic mass is 10.1. The van der Waals surface area contributed by atoms with Crippen LogP contribution in [0.2, 0.25) is 0 Å². The lowest BCUT2D eigenvalue weighted by Crippen LogP contribution is -2.65. The summed E-state index contributed by atoms with van der Waals surface area (Å²) >= 11 is 0. The Balaban J connectivity index is 1.40. The number of nitrogens with zero attached hydrogens (tertiary/aromatic N) is 3. The summed E-state index contributed by atoms with van der Waals surface area (Å²) in [5.41, 5.74) is 0.407. The van der Waals surface area contributed by atoms with Crippen molar-refractivity contribution < 1.29 is 23.9 Å². The number of amides is 4. The number of ether oxygens (including phenoxy) is 1. The number of hydrogen-bond acceptors (Lipinski definition) is 7. The Kier molecular flexibility index (Phi) is 7.21. The molecule has 3 heterocycles. The number of rotatable bonds is 9. The minimum Gasteiger partial charge on any atom is -0.466 e. The summed E-state index contributed by atoms with van der Waals surface area (Å²) in [4.78, 5) is 54.8. The highest BCUT2D eigenvalue weighted by Crippen LogP contribution is 2.23. The van der Waals surface area contributed by atoms with E-state index in [4.69, 9.17) is 4.74 Å². The van der Waals surface area contributed by atoms with Gasteiger partial charge in [0.25, 0.3) is 5.91 Å². The van der Waals surface area contributed by atoms with Crippen molar-refractivity contribution in [3.8, 4) is 0 Å². The van der Waals surface area contributed by atoms with Crippen molar-refractivity contribution in [3.63, 3.8) is 0 Å². The second kappa shape index (κ2) is 10.0. The van der Waals surface area contributed by atoms with Crippen LogP contribution in [-0.2, 0) is 14.3 Å². The van der Waals surface area contributed by atoms with E-state index in [9.17, 15) is 19.2 Å². The number of imide groups is 1. The second-order valence-corrected chi connectivity index (χ2v) is 7.34. The lowest BCUT2D eigenvalue weighted by molar-refractivity contribution is -0.143. The van der Waals surface area contributed by atoms with Crippen molar-refractivity contribution in [2.45, 2.75) is 38.6 Å². The fourth-order valence-electron chi connectivity index (χ4n) is 3.26. The van der Waals surface area contributed by atoms with E-state index in [2.05, 4.69) is 15.6 Å². The molecule has 162 valence electrons. The van der Waals surface area contributed by atoms with Gasteiger partial charge in [-0.1, -0.05) is 13.3 Å². The topological polar surface area (TPSA) is 121 Å². The standard InChI is InChI=1S/C20H27N5O5/c1-2-3-10-30-18(27)6-8-21-19(28)14-4-5-16(22-11-14)24-12-15(13-24)25-9-7-17(26)23-20(25)29/h4-5,11,15H,2-3,6-10,12-13H2,1H3,(H,21,28)(H,23,26,29). The fourth-order valence-corrected chi connectivity index (χ4v) is 3.26. The number of pyridine rings is 1. The Morgan fingerprint density at radius 1 is 1.30 bits per heavy atom. The van der Waals surface area contributed by atoms with Crippen molar-refractivity contribution >= 4 is 29.6 Å². The zero-order chi connectivity index (χ0) is 21.5. The van der Waals surface area contributed by atoms with E-state index in [0.29, 0.717) is 38.2 Å². The van der Waals surface area contributed by atoms with Crippen LogP contribution in [0.1, 0.15) is 43.0 Å². The van der Waals surface area contributed by atoms with Gasteiger partial charge in [0.1, 0.15) is 5.82 Å². The zero-order valence-corrected chi connectivity index (χ0v) is 17.1. The molecule has 2 fully saturated rings. The molecule has 0 saturated carbocycles. The molecular formula is C20H27N5O5. The van der Waals surface area contributed by atoms with Crippen LogP contribution in [0.4, 0.5) is 10.6 Å². The largest absolute Gasteiger partial charge is 0.466 e. The van der Waals surface area contributed by atoms with E-state index in [-0.39, 0.29) is 42.8 Å². The number of nitrogens with one attached hydrogen (secondary N) is 2. The van der Waals surface area contributed by atoms with E-state index in [1.165, 1.54) is 6.20 Å². The van der Waals surface area contributed by atoms with Crippen molar-refractivity contribution in [2.24, 2.45) is 0 Å². The van der Waals surface area contributed by atoms with Gasteiger partial charge in [0, 0.05) is 38.8 Å². The number of hydrogen-bond donors (Lipinski definition) is 2. The highest BCUT2D eigenvalue weighted by atomic mass is 16.5. The Bertz CT molecular complexity index is 791. The first-order chi connectivity index (χ1) is 14.5. The summed E-state index contributed by atoms with van der Waals surface area (Å²) in [6.07, 6.45) is 3.73. The number of aromatic nitrogens is 1. The predicted molar refractivity (Wildman–Crippen MR) is 108 cm³/mol. The first-order valence-corrected chi connectivity index (χ1v) is 10.2. The third-order valence-corrected chi connectivity index (χ3v) is 5.10. The molecule has 1 aromatic heterocycles. The minimum atomic E-state index is -0.342. The van der Waals surface area contributed by atoms with Gasteiger partial charge in [0.05, 0.1) is 24.6 Å². The average Bonchev–Trinajstić information content (AvgIpc) is 2.69. The summed E-state index contributed by atoms with van der Waals surface area (Å²) in [7, 11) is 0. The van der Waals surface area contributed by atoms with Gasteiger partial charge in [-0.25, -0.2) is 9.78 Å². The van der Waals surface area contributed by atoms with Crippen LogP contribution in [0.15, 0.2) is 18.3 Å². The molecule has 2 N–H and O–H groups in total. The van der Waals surface area contributed by atoms with Crippen LogP contribution in [0.5, 0.6) is 0 Å². The molecule has 2 saturated heterocycles. The Morgan fingerprint density at radius 2 is 2.10 bits per heavy atom. The van der Waals surface area contributed by atoms with Gasteiger partial charge in [0.2, 0.25) is 5.91 Å². The fraction of sp³-hybridized carbons (Fsp3) is 0.550. The van der Waals surface area contributed by atoms with Crippen molar-refractivity contribution in [2.75, 3.05) is 37.7 Å². The van der Waals surface area contributed by atoms with Gasteiger partial charge in [-0.05, 0) is 18.6 Å². The maximum absolute atomic E-state index is 12.2. The molecule has 2 aliphatic heterocycles. The smallest absolute Gasteiger partial charge is 0.324 e. The Morgan fingerprint density at radius 3 is 2.77 bits per heavy atom. The zero-order valence-electron chi connectivity index (χ0n) is 17.1. The molecule has 0 aromatic carbocycles. The molecule has 10 heteroatoms. The highest BCUT2D eigenvalue weighted by molar-refractivity contribution is 5.97. The summed E-state index contributed by atoms with van der Waals surface area (Å²) < 4.78 is 5.04. The van der Waals surface area contributed by atoms with E-state index >= 15 is 0 Å². The first-order valence-electron chi connectivity index (χ1n) is 10.2. The molecule has 10 nitrogen and oxygen atoms in total.